The van der Waals surface area contributed by atoms with E-state index < -0.39 is 0 Å². The number of urea groups is 1. The van der Waals surface area contributed by atoms with E-state index in [0.717, 1.165) is 29.7 Å². The highest BCUT2D eigenvalue weighted by Crippen LogP contribution is 2.35. The van der Waals surface area contributed by atoms with Gasteiger partial charge in [0.25, 0.3) is 0 Å². The maximum absolute atomic E-state index is 12.5. The Hall–Kier alpha value is -3.68. The Morgan fingerprint density at radius 1 is 1.09 bits per heavy atom. The summed E-state index contributed by atoms with van der Waals surface area (Å²) in [4.78, 5) is 18.6. The smallest absolute Gasteiger partial charge is 0.322 e. The highest BCUT2D eigenvalue weighted by molar-refractivity contribution is 5.84. The topological polar surface area (TPSA) is 86.1 Å². The Morgan fingerprint density at radius 2 is 1.91 bits per heavy atom. The van der Waals surface area contributed by atoms with Gasteiger partial charge in [0.1, 0.15) is 12.3 Å². The zero-order valence-electron chi connectivity index (χ0n) is 18.8. The van der Waals surface area contributed by atoms with Crippen LogP contribution in [0.4, 0.5) is 4.79 Å². The summed E-state index contributed by atoms with van der Waals surface area (Å²) in [7, 11) is 3.24. The number of oxazole rings is 1. The molecule has 1 N–H and O–H groups in total. The number of nitrogens with one attached hydrogen (secondary N) is 1. The number of hydrogen-bond donors (Lipinski definition) is 1. The molecule has 2 amide bonds. The lowest BCUT2D eigenvalue weighted by molar-refractivity contribution is 0.200. The summed E-state index contributed by atoms with van der Waals surface area (Å²) in [6.45, 7) is 0.626. The van der Waals surface area contributed by atoms with Crippen LogP contribution in [0, 0.1) is 0 Å². The van der Waals surface area contributed by atoms with Crippen LogP contribution in [-0.4, -0.2) is 42.8 Å². The molecule has 1 fully saturated rings. The molecule has 1 aliphatic carbocycles. The molecular formula is C25H27N3O5. The SMILES string of the molecule is COc1ccc(C2=CN(Cc3nc4c(OC)cccc4o3)C(=O)NC2)cc1OC1CCCC1. The third kappa shape index (κ3) is 4.33. The van der Waals surface area contributed by atoms with Crippen LogP contribution in [0.3, 0.4) is 0 Å². The van der Waals surface area contributed by atoms with Crippen molar-refractivity contribution in [3.63, 3.8) is 0 Å². The number of methoxy groups -OCH3 is 2. The number of rotatable bonds is 7. The monoisotopic (exact) mass is 449 g/mol. The second-order valence-corrected chi connectivity index (χ2v) is 8.25. The van der Waals surface area contributed by atoms with E-state index in [1.54, 1.807) is 19.1 Å². The third-order valence-electron chi connectivity index (χ3n) is 6.08. The number of nitrogens with zero attached hydrogens (tertiary/aromatic N) is 2. The molecule has 0 radical (unpaired) electrons. The number of carbonyl (C=O) groups excluding carboxylic acids is 1. The minimum absolute atomic E-state index is 0.203. The van der Waals surface area contributed by atoms with E-state index >= 15 is 0 Å². The fraction of sp³-hybridized carbons (Fsp3) is 0.360. The van der Waals surface area contributed by atoms with Crippen molar-refractivity contribution in [3.05, 3.63) is 54.1 Å². The lowest BCUT2D eigenvalue weighted by Crippen LogP contribution is -2.41. The molecule has 0 atom stereocenters. The van der Waals surface area contributed by atoms with Gasteiger partial charge in [-0.25, -0.2) is 9.78 Å². The normalized spacial score (nSPS) is 16.6. The third-order valence-corrected chi connectivity index (χ3v) is 6.08. The lowest BCUT2D eigenvalue weighted by atomic mass is 10.0. The van der Waals surface area contributed by atoms with Gasteiger partial charge in [-0.2, -0.15) is 0 Å². The van der Waals surface area contributed by atoms with Crippen molar-refractivity contribution < 1.29 is 23.4 Å². The van der Waals surface area contributed by atoms with E-state index in [-0.39, 0.29) is 18.7 Å². The number of ether oxygens (including phenoxy) is 3. The van der Waals surface area contributed by atoms with Crippen LogP contribution in [0.1, 0.15) is 37.1 Å². The predicted octanol–water partition coefficient (Wildman–Crippen LogP) is 4.73. The van der Waals surface area contributed by atoms with Crippen molar-refractivity contribution in [2.45, 2.75) is 38.3 Å². The fourth-order valence-electron chi connectivity index (χ4n) is 4.36. The number of carbonyl (C=O) groups is 1. The largest absolute Gasteiger partial charge is 0.494 e. The molecule has 0 bridgehead atoms. The van der Waals surface area contributed by atoms with Gasteiger partial charge in [0.15, 0.2) is 22.6 Å². The van der Waals surface area contributed by atoms with Crippen molar-refractivity contribution in [2.75, 3.05) is 20.8 Å². The molecule has 5 rings (SSSR count). The zero-order chi connectivity index (χ0) is 22.8. The highest BCUT2D eigenvalue weighted by Gasteiger charge is 2.23. The van der Waals surface area contributed by atoms with Gasteiger partial charge in [-0.05, 0) is 61.1 Å². The second kappa shape index (κ2) is 9.05. The van der Waals surface area contributed by atoms with Crippen LogP contribution >= 0.6 is 0 Å². The highest BCUT2D eigenvalue weighted by atomic mass is 16.5. The minimum Gasteiger partial charge on any atom is -0.494 e. The lowest BCUT2D eigenvalue weighted by Gasteiger charge is -2.25. The van der Waals surface area contributed by atoms with Gasteiger partial charge in [0.2, 0.25) is 5.89 Å². The van der Waals surface area contributed by atoms with E-state index in [2.05, 4.69) is 10.3 Å². The molecule has 0 saturated heterocycles. The van der Waals surface area contributed by atoms with Gasteiger partial charge in [-0.1, -0.05) is 12.1 Å². The maximum Gasteiger partial charge on any atom is 0.322 e. The van der Waals surface area contributed by atoms with Crippen LogP contribution in [0.25, 0.3) is 16.7 Å². The maximum atomic E-state index is 12.5. The quantitative estimate of drug-likeness (QED) is 0.561. The molecule has 2 heterocycles. The molecule has 2 aliphatic rings. The van der Waals surface area contributed by atoms with E-state index in [1.165, 1.54) is 12.8 Å². The first-order chi connectivity index (χ1) is 16.1. The Bertz CT molecular complexity index is 1200. The summed E-state index contributed by atoms with van der Waals surface area (Å²) in [5.74, 6) is 2.51. The zero-order valence-corrected chi connectivity index (χ0v) is 18.8. The van der Waals surface area contributed by atoms with E-state index in [0.29, 0.717) is 35.0 Å². The van der Waals surface area contributed by atoms with E-state index in [1.807, 2.05) is 42.6 Å². The first-order valence-electron chi connectivity index (χ1n) is 11.2. The van der Waals surface area contributed by atoms with Gasteiger partial charge in [0.05, 0.1) is 20.3 Å². The standard InChI is InChI=1S/C25H27N3O5/c1-30-19-11-10-16(12-22(19)32-18-6-3-4-7-18)17-13-26-25(29)28(14-17)15-23-27-24-20(31-2)8-5-9-21(24)33-23/h5,8-12,14,18H,3-4,6-7,13,15H2,1-2H3,(H,26,29). The Labute approximate surface area is 192 Å². The van der Waals surface area contributed by atoms with Crippen molar-refractivity contribution >= 4 is 22.7 Å². The van der Waals surface area contributed by atoms with Crippen molar-refractivity contribution in [1.82, 2.24) is 15.2 Å². The van der Waals surface area contributed by atoms with Crippen LogP contribution in [0.15, 0.2) is 47.0 Å². The molecule has 33 heavy (non-hydrogen) atoms. The summed E-state index contributed by atoms with van der Waals surface area (Å²) in [6, 6.07) is 11.2. The van der Waals surface area contributed by atoms with Crippen molar-refractivity contribution in [3.8, 4) is 17.2 Å². The van der Waals surface area contributed by atoms with Crippen LogP contribution in [-0.2, 0) is 6.54 Å². The average Bonchev–Trinajstić information content (AvgIpc) is 3.49. The summed E-state index contributed by atoms with van der Waals surface area (Å²) in [5, 5.41) is 2.93. The van der Waals surface area contributed by atoms with Crippen LogP contribution in [0.5, 0.6) is 17.2 Å². The molecule has 1 aliphatic heterocycles. The van der Waals surface area contributed by atoms with Gasteiger partial charge < -0.3 is 23.9 Å². The van der Waals surface area contributed by atoms with Crippen molar-refractivity contribution in [2.24, 2.45) is 0 Å². The molecule has 172 valence electrons. The molecule has 8 nitrogen and oxygen atoms in total. The Morgan fingerprint density at radius 3 is 2.70 bits per heavy atom. The molecule has 1 aromatic heterocycles. The van der Waals surface area contributed by atoms with Gasteiger partial charge in [-0.15, -0.1) is 0 Å². The fourth-order valence-corrected chi connectivity index (χ4v) is 4.36. The van der Waals surface area contributed by atoms with E-state index in [4.69, 9.17) is 18.6 Å². The number of aromatic nitrogens is 1. The Kier molecular flexibility index (Phi) is 5.81. The van der Waals surface area contributed by atoms with Crippen LogP contribution in [0.2, 0.25) is 0 Å². The first-order valence-corrected chi connectivity index (χ1v) is 11.2. The van der Waals surface area contributed by atoms with Crippen LogP contribution < -0.4 is 19.5 Å². The molecule has 3 aromatic rings. The number of benzene rings is 2. The van der Waals surface area contributed by atoms with E-state index in [9.17, 15) is 4.79 Å². The van der Waals surface area contributed by atoms with Gasteiger partial charge in [-0.3, -0.25) is 4.90 Å². The first kappa shape index (κ1) is 21.2. The molecule has 0 spiro atoms. The minimum atomic E-state index is -0.205. The molecule has 0 unspecified atom stereocenters. The summed E-state index contributed by atoms with van der Waals surface area (Å²) in [5.41, 5.74) is 3.19. The van der Waals surface area contributed by atoms with Gasteiger partial charge in [0, 0.05) is 12.7 Å². The summed E-state index contributed by atoms with van der Waals surface area (Å²) < 4.78 is 22.9. The number of para-hydroxylation sites is 1. The number of fused-ring (bicyclic) bond motifs is 1. The van der Waals surface area contributed by atoms with Gasteiger partial charge >= 0.3 is 6.03 Å². The Balaban J connectivity index is 1.40. The summed E-state index contributed by atoms with van der Waals surface area (Å²) in [6.07, 6.45) is 6.58. The second-order valence-electron chi connectivity index (χ2n) is 8.25. The van der Waals surface area contributed by atoms with Crippen molar-refractivity contribution in [1.29, 1.82) is 0 Å². The molecular weight excluding hydrogens is 422 g/mol. The average molecular weight is 450 g/mol. The predicted molar refractivity (Wildman–Crippen MR) is 123 cm³/mol. The number of hydrogen-bond acceptors (Lipinski definition) is 6. The summed E-state index contributed by atoms with van der Waals surface area (Å²) >= 11 is 0. The number of amides is 2. The molecule has 1 saturated carbocycles. The molecule has 8 heteroatoms. The molecule has 2 aromatic carbocycles.